The van der Waals surface area contributed by atoms with Crippen LogP contribution in [-0.2, 0) is 10.0 Å². The lowest BCUT2D eigenvalue weighted by molar-refractivity contribution is 0.588. The molecule has 0 spiro atoms. The zero-order valence-corrected chi connectivity index (χ0v) is 15.2. The first-order valence-electron chi connectivity index (χ1n) is 7.22. The number of rotatable bonds is 5. The van der Waals surface area contributed by atoms with Gasteiger partial charge in [0.25, 0.3) is 0 Å². The van der Waals surface area contributed by atoms with Crippen LogP contribution in [0.4, 0.5) is 10.1 Å². The Labute approximate surface area is 151 Å². The highest BCUT2D eigenvalue weighted by Crippen LogP contribution is 2.11. The molecule has 0 amide bonds. The summed E-state index contributed by atoms with van der Waals surface area (Å²) in [5.41, 5.74) is 4.68. The van der Waals surface area contributed by atoms with E-state index < -0.39 is 10.0 Å². The van der Waals surface area contributed by atoms with Crippen molar-refractivity contribution in [1.82, 2.24) is 10.1 Å². The highest BCUT2D eigenvalue weighted by molar-refractivity contribution is 7.89. The lowest BCUT2D eigenvalue weighted by atomic mass is 10.1. The third-order valence-electron chi connectivity index (χ3n) is 3.28. The van der Waals surface area contributed by atoms with E-state index in [0.717, 1.165) is 5.56 Å². The van der Waals surface area contributed by atoms with Gasteiger partial charge >= 0.3 is 0 Å². The Bertz CT molecular complexity index is 879. The van der Waals surface area contributed by atoms with E-state index in [-0.39, 0.29) is 15.8 Å². The van der Waals surface area contributed by atoms with Crippen molar-refractivity contribution in [2.75, 3.05) is 12.4 Å². The molecule has 0 heterocycles. The van der Waals surface area contributed by atoms with Gasteiger partial charge < -0.3 is 5.32 Å². The minimum absolute atomic E-state index is 0.174. The van der Waals surface area contributed by atoms with Crippen molar-refractivity contribution in [3.63, 3.8) is 0 Å². The lowest BCUT2D eigenvalue weighted by Gasteiger charge is -2.08. The minimum atomic E-state index is -3.47. The van der Waals surface area contributed by atoms with Crippen molar-refractivity contribution >= 4 is 38.8 Å². The zero-order chi connectivity index (χ0) is 18.4. The van der Waals surface area contributed by atoms with E-state index in [1.165, 1.54) is 31.3 Å². The van der Waals surface area contributed by atoms with Crippen molar-refractivity contribution < 1.29 is 12.8 Å². The number of sulfonamides is 1. The molecule has 0 fully saturated rings. The van der Waals surface area contributed by atoms with Crippen LogP contribution in [0.25, 0.3) is 0 Å². The molecule has 9 heteroatoms. The van der Waals surface area contributed by atoms with Crippen LogP contribution in [0.3, 0.4) is 0 Å². The van der Waals surface area contributed by atoms with Crippen molar-refractivity contribution in [1.29, 1.82) is 0 Å². The fourth-order valence-corrected chi connectivity index (χ4v) is 2.78. The maximum atomic E-state index is 12.9. The number of anilines is 1. The number of hydrazone groups is 1. The van der Waals surface area contributed by atoms with Crippen molar-refractivity contribution in [2.24, 2.45) is 5.10 Å². The van der Waals surface area contributed by atoms with Crippen LogP contribution in [-0.4, -0.2) is 26.3 Å². The quantitative estimate of drug-likeness (QED) is 0.422. The molecule has 6 nitrogen and oxygen atoms in total. The summed E-state index contributed by atoms with van der Waals surface area (Å²) in [7, 11) is -2.11. The Morgan fingerprint density at radius 2 is 1.68 bits per heavy atom. The molecule has 0 aliphatic rings. The molecule has 0 saturated heterocycles. The largest absolute Gasteiger partial charge is 0.331 e. The van der Waals surface area contributed by atoms with Gasteiger partial charge in [0.2, 0.25) is 10.0 Å². The van der Waals surface area contributed by atoms with E-state index >= 15 is 0 Å². The summed E-state index contributed by atoms with van der Waals surface area (Å²) in [5, 5.41) is 7.27. The summed E-state index contributed by atoms with van der Waals surface area (Å²) in [6.07, 6.45) is 0. The van der Waals surface area contributed by atoms with Crippen LogP contribution in [0.15, 0.2) is 58.5 Å². The predicted octanol–water partition coefficient (Wildman–Crippen LogP) is 2.44. The van der Waals surface area contributed by atoms with Crippen LogP contribution in [0, 0.1) is 5.82 Å². The second kappa shape index (κ2) is 8.15. The van der Waals surface area contributed by atoms with Crippen LogP contribution >= 0.6 is 12.2 Å². The molecule has 0 aromatic heterocycles. The normalized spacial score (nSPS) is 11.9. The Morgan fingerprint density at radius 3 is 2.24 bits per heavy atom. The van der Waals surface area contributed by atoms with Gasteiger partial charge in [0.15, 0.2) is 5.11 Å². The fourth-order valence-electron chi connectivity index (χ4n) is 1.88. The monoisotopic (exact) mass is 380 g/mol. The van der Waals surface area contributed by atoms with E-state index in [1.807, 2.05) is 0 Å². The topological polar surface area (TPSA) is 82.6 Å². The number of hydrogen-bond donors (Lipinski definition) is 3. The molecule has 0 saturated carbocycles. The number of thiocarbonyl (C=S) groups is 1. The average Bonchev–Trinajstić information content (AvgIpc) is 2.61. The summed E-state index contributed by atoms with van der Waals surface area (Å²) in [5.74, 6) is -0.331. The van der Waals surface area contributed by atoms with Crippen molar-refractivity contribution in [3.05, 3.63) is 59.9 Å². The zero-order valence-electron chi connectivity index (χ0n) is 13.6. The van der Waals surface area contributed by atoms with Crippen molar-refractivity contribution in [2.45, 2.75) is 11.8 Å². The molecule has 0 atom stereocenters. The number of nitrogens with zero attached hydrogens (tertiary/aromatic N) is 1. The predicted molar refractivity (Wildman–Crippen MR) is 101 cm³/mol. The van der Waals surface area contributed by atoms with Crippen LogP contribution < -0.4 is 15.5 Å². The maximum absolute atomic E-state index is 12.9. The van der Waals surface area contributed by atoms with Crippen LogP contribution in [0.1, 0.15) is 12.5 Å². The summed E-state index contributed by atoms with van der Waals surface area (Å²) < 4.78 is 38.5. The van der Waals surface area contributed by atoms with Crippen LogP contribution in [0.2, 0.25) is 0 Å². The third kappa shape index (κ3) is 5.31. The van der Waals surface area contributed by atoms with Gasteiger partial charge in [-0.3, -0.25) is 5.43 Å². The molecular weight excluding hydrogens is 363 g/mol. The fraction of sp³-hybridized carbons (Fsp3) is 0.125. The highest BCUT2D eigenvalue weighted by atomic mass is 32.2. The van der Waals surface area contributed by atoms with E-state index in [1.54, 1.807) is 31.2 Å². The standard InChI is InChI=1S/C16H17FN4O2S2/c1-11(12-3-9-15(10-4-12)25(22,23)18-2)20-21-16(24)19-14-7-5-13(17)6-8-14/h3-10,18H,1-2H3,(H2,19,21,24)/b20-11-. The maximum Gasteiger partial charge on any atom is 0.240 e. The van der Waals surface area contributed by atoms with E-state index in [0.29, 0.717) is 11.4 Å². The second-order valence-corrected chi connectivity index (χ2v) is 7.30. The first-order chi connectivity index (χ1) is 11.8. The molecule has 3 N–H and O–H groups in total. The van der Waals surface area contributed by atoms with Crippen molar-refractivity contribution in [3.8, 4) is 0 Å². The molecule has 2 rings (SSSR count). The first-order valence-corrected chi connectivity index (χ1v) is 9.12. The molecule has 25 heavy (non-hydrogen) atoms. The summed E-state index contributed by atoms with van der Waals surface area (Å²) in [4.78, 5) is 0.174. The summed E-state index contributed by atoms with van der Waals surface area (Å²) in [6, 6.07) is 12.1. The minimum Gasteiger partial charge on any atom is -0.331 e. The Morgan fingerprint density at radius 1 is 1.08 bits per heavy atom. The smallest absolute Gasteiger partial charge is 0.240 e. The first kappa shape index (κ1) is 19.0. The second-order valence-electron chi connectivity index (χ2n) is 5.00. The average molecular weight is 380 g/mol. The molecule has 132 valence electrons. The molecular formula is C16H17FN4O2S2. The highest BCUT2D eigenvalue weighted by Gasteiger charge is 2.10. The molecule has 0 aliphatic carbocycles. The van der Waals surface area contributed by atoms with Gasteiger partial charge in [-0.15, -0.1) is 0 Å². The SMILES string of the molecule is CNS(=O)(=O)c1ccc(/C(C)=N\NC(=S)Nc2ccc(F)cc2)cc1. The van der Waals surface area contributed by atoms with Crippen LogP contribution in [0.5, 0.6) is 0 Å². The van der Waals surface area contributed by atoms with Gasteiger partial charge in [-0.25, -0.2) is 17.5 Å². The number of halogens is 1. The molecule has 0 radical (unpaired) electrons. The number of benzene rings is 2. The lowest BCUT2D eigenvalue weighted by Crippen LogP contribution is -2.25. The molecule has 0 unspecified atom stereocenters. The van der Waals surface area contributed by atoms with Gasteiger partial charge in [-0.1, -0.05) is 12.1 Å². The van der Waals surface area contributed by atoms with E-state index in [9.17, 15) is 12.8 Å². The molecule has 0 aliphatic heterocycles. The number of nitrogens with one attached hydrogen (secondary N) is 3. The van der Waals surface area contributed by atoms with Gasteiger partial charge in [-0.2, -0.15) is 5.10 Å². The van der Waals surface area contributed by atoms with Gasteiger partial charge in [-0.05, 0) is 68.2 Å². The Kier molecular flexibility index (Phi) is 6.18. The molecule has 2 aromatic carbocycles. The third-order valence-corrected chi connectivity index (χ3v) is 4.90. The van der Waals surface area contributed by atoms with Gasteiger partial charge in [0, 0.05) is 5.69 Å². The van der Waals surface area contributed by atoms with E-state index in [4.69, 9.17) is 12.2 Å². The van der Waals surface area contributed by atoms with Gasteiger partial charge in [0.05, 0.1) is 10.6 Å². The summed E-state index contributed by atoms with van der Waals surface area (Å²) in [6.45, 7) is 1.76. The van der Waals surface area contributed by atoms with E-state index in [2.05, 4.69) is 20.6 Å². The molecule has 2 aromatic rings. The Balaban J connectivity index is 2.01. The Hall–Kier alpha value is -2.36. The molecule has 0 bridgehead atoms. The number of hydrogen-bond acceptors (Lipinski definition) is 4. The summed E-state index contributed by atoms with van der Waals surface area (Å²) >= 11 is 5.11. The van der Waals surface area contributed by atoms with Gasteiger partial charge in [0.1, 0.15) is 5.82 Å².